The molecule has 1 aromatic heterocycles. The number of rotatable bonds is 12. The number of pyridine rings is 1. The summed E-state index contributed by atoms with van der Waals surface area (Å²) in [6.45, 7) is 11.8. The molecule has 1 aromatic rings. The molecule has 148 valence electrons. The van der Waals surface area contributed by atoms with Gasteiger partial charge >= 0.3 is 166 Å². The Hall–Kier alpha value is -0.131. The van der Waals surface area contributed by atoms with Gasteiger partial charge in [0.1, 0.15) is 0 Å². The van der Waals surface area contributed by atoms with Crippen molar-refractivity contribution >= 4 is 22.0 Å². The van der Waals surface area contributed by atoms with E-state index < -0.39 is 18.4 Å². The van der Waals surface area contributed by atoms with Crippen LogP contribution in [0.3, 0.4) is 0 Å². The van der Waals surface area contributed by atoms with E-state index in [-0.39, 0.29) is 0 Å². The average molecular weight is 467 g/mol. The predicted octanol–water partition coefficient (Wildman–Crippen LogP) is 4.97. The van der Waals surface area contributed by atoms with Gasteiger partial charge in [0.25, 0.3) is 0 Å². The van der Waals surface area contributed by atoms with Gasteiger partial charge in [-0.1, -0.05) is 0 Å². The van der Waals surface area contributed by atoms with E-state index in [4.69, 9.17) is 9.72 Å². The van der Waals surface area contributed by atoms with Gasteiger partial charge in [-0.2, -0.15) is 0 Å². The molecule has 0 bridgehead atoms. The second-order valence-electron chi connectivity index (χ2n) is 8.02. The van der Waals surface area contributed by atoms with E-state index in [9.17, 15) is 0 Å². The fourth-order valence-electron chi connectivity index (χ4n) is 4.17. The van der Waals surface area contributed by atoms with Crippen LogP contribution in [0.25, 0.3) is 0 Å². The Morgan fingerprint density at radius 2 is 1.50 bits per heavy atom. The Kier molecular flexibility index (Phi) is 10.5. The summed E-state index contributed by atoms with van der Waals surface area (Å²) in [5.74, 6) is 0. The fraction of sp³-hybridized carbons (Fsp3) is 0.773. The van der Waals surface area contributed by atoms with Gasteiger partial charge in [-0.3, -0.25) is 0 Å². The molecule has 0 amide bonds. The van der Waals surface area contributed by atoms with E-state index in [0.29, 0.717) is 0 Å². The van der Waals surface area contributed by atoms with Crippen LogP contribution in [0.4, 0.5) is 0 Å². The van der Waals surface area contributed by atoms with Crippen LogP contribution in [0.5, 0.6) is 0 Å². The molecule has 2 heterocycles. The van der Waals surface area contributed by atoms with Crippen LogP contribution >= 0.6 is 0 Å². The Labute approximate surface area is 165 Å². The summed E-state index contributed by atoms with van der Waals surface area (Å²) < 4.78 is 11.7. The molecule has 0 N–H and O–H groups in total. The second kappa shape index (κ2) is 12.4. The van der Waals surface area contributed by atoms with Gasteiger partial charge in [-0.05, 0) is 0 Å². The van der Waals surface area contributed by atoms with E-state index in [1.165, 1.54) is 57.5 Å². The first-order chi connectivity index (χ1) is 12.7. The van der Waals surface area contributed by atoms with Crippen molar-refractivity contribution in [2.45, 2.75) is 79.2 Å². The average Bonchev–Trinajstić information content (AvgIpc) is 2.69. The maximum atomic E-state index is 5.46. The van der Waals surface area contributed by atoms with Crippen molar-refractivity contribution in [1.82, 2.24) is 9.88 Å². The Bertz CT molecular complexity index is 464. The van der Waals surface area contributed by atoms with Crippen LogP contribution in [0.2, 0.25) is 13.3 Å². The van der Waals surface area contributed by atoms with E-state index in [1.807, 2.05) is 0 Å². The van der Waals surface area contributed by atoms with Gasteiger partial charge in [-0.25, -0.2) is 0 Å². The normalized spacial score (nSPS) is 16.1. The topological polar surface area (TPSA) is 25.4 Å². The first kappa shape index (κ1) is 22.2. The first-order valence-electron chi connectivity index (χ1n) is 11.0. The Morgan fingerprint density at radius 3 is 1.96 bits per heavy atom. The number of hydrogen-bond acceptors (Lipinski definition) is 3. The molecule has 1 saturated heterocycles. The molecule has 3 nitrogen and oxygen atoms in total. The molecule has 26 heavy (non-hydrogen) atoms. The van der Waals surface area contributed by atoms with Gasteiger partial charge in [0.15, 0.2) is 0 Å². The second-order valence-corrected chi connectivity index (χ2v) is 21.3. The van der Waals surface area contributed by atoms with Crippen molar-refractivity contribution in [3.63, 3.8) is 0 Å². The third-order valence-corrected chi connectivity index (χ3v) is 21.5. The Morgan fingerprint density at radius 1 is 0.923 bits per heavy atom. The number of ether oxygens (including phenoxy) is 1. The van der Waals surface area contributed by atoms with Crippen molar-refractivity contribution in [3.8, 4) is 0 Å². The minimum atomic E-state index is -2.30. The number of nitrogens with zero attached hydrogens (tertiary/aromatic N) is 2. The summed E-state index contributed by atoms with van der Waals surface area (Å²) >= 11 is -2.30. The van der Waals surface area contributed by atoms with Crippen molar-refractivity contribution < 1.29 is 4.74 Å². The molecule has 0 aliphatic carbocycles. The van der Waals surface area contributed by atoms with Crippen LogP contribution in [0.15, 0.2) is 18.3 Å². The summed E-state index contributed by atoms with van der Waals surface area (Å²) in [5, 5.41) is 0. The van der Waals surface area contributed by atoms with Gasteiger partial charge in [0.2, 0.25) is 0 Å². The zero-order valence-corrected chi connectivity index (χ0v) is 20.3. The maximum absolute atomic E-state index is 5.46. The molecular weight excluding hydrogens is 427 g/mol. The molecule has 1 aliphatic rings. The molecular formula is C22H40N2OSn. The van der Waals surface area contributed by atoms with Crippen LogP contribution in [-0.4, -0.2) is 54.6 Å². The van der Waals surface area contributed by atoms with Crippen molar-refractivity contribution in [2.75, 3.05) is 26.3 Å². The number of hydrogen-bond donors (Lipinski definition) is 0. The van der Waals surface area contributed by atoms with Gasteiger partial charge in [0.05, 0.1) is 0 Å². The molecule has 0 unspecified atom stereocenters. The third kappa shape index (κ3) is 6.79. The zero-order valence-electron chi connectivity index (χ0n) is 17.4. The molecule has 4 heteroatoms. The summed E-state index contributed by atoms with van der Waals surface area (Å²) in [7, 11) is 0. The quantitative estimate of drug-likeness (QED) is 0.406. The molecule has 0 spiro atoms. The Balaban J connectivity index is 2.13. The first-order valence-corrected chi connectivity index (χ1v) is 18.5. The molecule has 0 saturated carbocycles. The summed E-state index contributed by atoms with van der Waals surface area (Å²) in [6.07, 6.45) is 10.5. The van der Waals surface area contributed by atoms with Crippen LogP contribution in [0, 0.1) is 0 Å². The molecule has 0 radical (unpaired) electrons. The summed E-state index contributed by atoms with van der Waals surface area (Å²) in [5.41, 5.74) is 1.23. The number of morpholine rings is 1. The van der Waals surface area contributed by atoms with E-state index in [2.05, 4.69) is 44.0 Å². The summed E-state index contributed by atoms with van der Waals surface area (Å²) in [6, 6.07) is 4.82. The predicted molar refractivity (Wildman–Crippen MR) is 115 cm³/mol. The van der Waals surface area contributed by atoms with Gasteiger partial charge < -0.3 is 0 Å². The van der Waals surface area contributed by atoms with E-state index >= 15 is 0 Å². The van der Waals surface area contributed by atoms with Crippen molar-refractivity contribution in [2.24, 2.45) is 0 Å². The number of unbranched alkanes of at least 4 members (excludes halogenated alkanes) is 3. The van der Waals surface area contributed by atoms with Gasteiger partial charge in [-0.15, -0.1) is 0 Å². The summed E-state index contributed by atoms with van der Waals surface area (Å²) in [4.78, 5) is 7.40. The molecule has 0 aromatic carbocycles. The fourth-order valence-corrected chi connectivity index (χ4v) is 19.8. The third-order valence-electron chi connectivity index (χ3n) is 5.95. The molecule has 1 fully saturated rings. The minimum absolute atomic E-state index is 0.864. The molecule has 1 aliphatic heterocycles. The standard InChI is InChI=1S/C10H13N2O.3C4H9.Sn/c1-2-4-11-10(3-1)9-12-5-7-13-8-6-12;3*1-3-4-2;/h1,3-4H,5-9H2;3*1,3-4H2,2H3;. The monoisotopic (exact) mass is 468 g/mol. The van der Waals surface area contributed by atoms with Crippen molar-refractivity contribution in [3.05, 3.63) is 24.0 Å². The van der Waals surface area contributed by atoms with Gasteiger partial charge in [0, 0.05) is 0 Å². The van der Waals surface area contributed by atoms with Crippen LogP contribution < -0.4 is 3.58 Å². The van der Waals surface area contributed by atoms with Crippen LogP contribution in [0.1, 0.15) is 65.0 Å². The van der Waals surface area contributed by atoms with E-state index in [0.717, 1.165) is 32.8 Å². The van der Waals surface area contributed by atoms with Crippen LogP contribution in [-0.2, 0) is 11.3 Å². The molecule has 0 atom stereocenters. The van der Waals surface area contributed by atoms with Crippen molar-refractivity contribution in [1.29, 1.82) is 0 Å². The molecule has 2 rings (SSSR count). The zero-order chi connectivity index (χ0) is 18.7. The SMILES string of the molecule is CCC[CH2][Sn]([CH2]CCC)([CH2]CCC)[c]1ccc(CN2CCOCC2)nc1. The van der Waals surface area contributed by atoms with E-state index in [1.54, 1.807) is 3.58 Å². The number of aromatic nitrogens is 1.